The van der Waals surface area contributed by atoms with Gasteiger partial charge in [-0.2, -0.15) is 0 Å². The number of nitrogens with one attached hydrogen (secondary N) is 1. The molecule has 6 rings (SSSR count). The number of aromatic nitrogens is 2. The fraction of sp³-hybridized carbons (Fsp3) is 0.270. The van der Waals surface area contributed by atoms with Crippen molar-refractivity contribution in [3.8, 4) is 17.4 Å². The molecule has 1 N–H and O–H groups in total. The predicted molar refractivity (Wildman–Crippen MR) is 180 cm³/mol. The molecule has 0 aliphatic carbocycles. The van der Waals surface area contributed by atoms with Gasteiger partial charge in [-0.25, -0.2) is 18.2 Å². The Balaban J connectivity index is 1.07. The number of piperidine rings is 1. The Kier molecular flexibility index (Phi) is 9.59. The number of carbonyl (C=O) groups excluding carboxylic acids is 2. The van der Waals surface area contributed by atoms with E-state index >= 15 is 0 Å². The van der Waals surface area contributed by atoms with Crippen LogP contribution in [0.2, 0.25) is 0 Å². The highest BCUT2D eigenvalue weighted by molar-refractivity contribution is 6.06. The summed E-state index contributed by atoms with van der Waals surface area (Å²) in [6.07, 6.45) is 3.06. The second kappa shape index (κ2) is 14.0. The lowest BCUT2D eigenvalue weighted by molar-refractivity contribution is 0.0695. The lowest BCUT2D eigenvalue weighted by Gasteiger charge is -2.32. The highest BCUT2D eigenvalue weighted by Gasteiger charge is 2.26. The molecule has 0 atom stereocenters. The number of hydrogen-bond donors (Lipinski definition) is 1. The van der Waals surface area contributed by atoms with Crippen LogP contribution < -0.4 is 19.7 Å². The van der Waals surface area contributed by atoms with Crippen molar-refractivity contribution in [2.24, 2.45) is 7.05 Å². The third-order valence-corrected chi connectivity index (χ3v) is 9.02. The van der Waals surface area contributed by atoms with Crippen molar-refractivity contribution in [1.29, 1.82) is 0 Å². The molecule has 0 saturated carbocycles. The largest absolute Gasteiger partial charge is 0.497 e. The molecule has 1 fully saturated rings. The van der Waals surface area contributed by atoms with Crippen molar-refractivity contribution in [3.63, 3.8) is 0 Å². The first-order valence-corrected chi connectivity index (χ1v) is 15.8. The monoisotopic (exact) mass is 671 g/mol. The Morgan fingerprint density at radius 1 is 0.959 bits per heavy atom. The number of nitrogens with zero attached hydrogens (tertiary/aromatic N) is 4. The van der Waals surface area contributed by atoms with Crippen molar-refractivity contribution >= 4 is 28.4 Å². The fourth-order valence-electron chi connectivity index (χ4n) is 5.94. The second-order valence-electron chi connectivity index (χ2n) is 12.1. The number of halogens is 3. The Labute approximate surface area is 281 Å². The summed E-state index contributed by atoms with van der Waals surface area (Å²) in [6.45, 7) is 3.17. The third-order valence-electron chi connectivity index (χ3n) is 9.02. The number of anilines is 1. The van der Waals surface area contributed by atoms with Crippen LogP contribution in [-0.2, 0) is 13.6 Å². The van der Waals surface area contributed by atoms with E-state index in [1.54, 1.807) is 13.2 Å². The van der Waals surface area contributed by atoms with E-state index in [0.29, 0.717) is 36.6 Å². The van der Waals surface area contributed by atoms with Crippen LogP contribution in [0.1, 0.15) is 44.8 Å². The molecule has 3 heterocycles. The number of likely N-dealkylation sites (tertiary alicyclic amines) is 1. The Bertz CT molecular complexity index is 2010. The van der Waals surface area contributed by atoms with E-state index in [2.05, 4.69) is 10.3 Å². The summed E-state index contributed by atoms with van der Waals surface area (Å²) < 4.78 is 55.5. The standard InChI is InChI=1S/C37H36F3N5O4/c1-22-30(38)19-29(35(40)34(22)39)36(46)43(2)26-7-12-33(42-21-26)49-28-10-11-31-24(17-28)18-32(44(31)3)37(47)45-15-13-25(14-16-45)41-20-23-5-8-27(48-4)9-6-23/h5-12,17-19,21,25,41H,13-16,20H2,1-4H3. The number of ether oxygens (including phenoxy) is 2. The highest BCUT2D eigenvalue weighted by atomic mass is 19.2. The molecule has 0 spiro atoms. The average Bonchev–Trinajstić information content (AvgIpc) is 3.46. The van der Waals surface area contributed by atoms with Crippen LogP contribution in [0.15, 0.2) is 72.9 Å². The van der Waals surface area contributed by atoms with E-state index in [-0.39, 0.29) is 17.5 Å². The van der Waals surface area contributed by atoms with E-state index in [1.165, 1.54) is 30.9 Å². The van der Waals surface area contributed by atoms with Crippen molar-refractivity contribution < 1.29 is 32.2 Å². The van der Waals surface area contributed by atoms with Gasteiger partial charge in [0.05, 0.1) is 24.6 Å². The van der Waals surface area contributed by atoms with Gasteiger partial charge in [0.1, 0.15) is 23.0 Å². The minimum atomic E-state index is -1.41. The summed E-state index contributed by atoms with van der Waals surface area (Å²) in [6, 6.07) is 19.3. The van der Waals surface area contributed by atoms with Gasteiger partial charge in [0, 0.05) is 62.3 Å². The van der Waals surface area contributed by atoms with Crippen molar-refractivity contribution in [3.05, 3.63) is 113 Å². The zero-order valence-corrected chi connectivity index (χ0v) is 27.6. The maximum atomic E-state index is 14.4. The minimum absolute atomic E-state index is 0.0262. The number of carbonyl (C=O) groups is 2. The molecule has 49 heavy (non-hydrogen) atoms. The molecule has 0 bridgehead atoms. The van der Waals surface area contributed by atoms with Gasteiger partial charge in [-0.3, -0.25) is 9.59 Å². The minimum Gasteiger partial charge on any atom is -0.497 e. The van der Waals surface area contributed by atoms with Gasteiger partial charge in [-0.15, -0.1) is 0 Å². The van der Waals surface area contributed by atoms with Crippen LogP contribution in [0.3, 0.4) is 0 Å². The molecule has 12 heteroatoms. The number of rotatable bonds is 9. The van der Waals surface area contributed by atoms with Gasteiger partial charge in [-0.05, 0) is 73.9 Å². The number of methoxy groups -OCH3 is 1. The molecule has 0 unspecified atom stereocenters. The number of aryl methyl sites for hydroxylation is 1. The normalized spacial score (nSPS) is 13.5. The van der Waals surface area contributed by atoms with Gasteiger partial charge in [-0.1, -0.05) is 12.1 Å². The van der Waals surface area contributed by atoms with Gasteiger partial charge in [0.15, 0.2) is 11.6 Å². The van der Waals surface area contributed by atoms with Gasteiger partial charge in [0.25, 0.3) is 11.8 Å². The Morgan fingerprint density at radius 2 is 1.67 bits per heavy atom. The maximum Gasteiger partial charge on any atom is 0.270 e. The first kappa shape index (κ1) is 33.5. The van der Waals surface area contributed by atoms with Crippen LogP contribution in [0.4, 0.5) is 18.9 Å². The molecule has 9 nitrogen and oxygen atoms in total. The number of amides is 2. The SMILES string of the molecule is COc1ccc(CNC2CCN(C(=O)c3cc4cc(Oc5ccc(N(C)C(=O)c6cc(F)c(C)c(F)c6F)cn5)ccc4n3C)CC2)cc1. The highest BCUT2D eigenvalue weighted by Crippen LogP contribution is 2.29. The van der Waals surface area contributed by atoms with E-state index in [1.807, 2.05) is 59.0 Å². The molecule has 3 aromatic carbocycles. The summed E-state index contributed by atoms with van der Waals surface area (Å²) in [5.74, 6) is -3.26. The molecular formula is C37H36F3N5O4. The van der Waals surface area contributed by atoms with Gasteiger partial charge >= 0.3 is 0 Å². The zero-order valence-electron chi connectivity index (χ0n) is 27.6. The topological polar surface area (TPSA) is 88.9 Å². The van der Waals surface area contributed by atoms with Crippen molar-refractivity contribution in [1.82, 2.24) is 19.8 Å². The molecule has 2 amide bonds. The Hall–Kier alpha value is -5.36. The zero-order chi connectivity index (χ0) is 34.8. The summed E-state index contributed by atoms with van der Waals surface area (Å²) in [4.78, 5) is 33.6. The first-order chi connectivity index (χ1) is 23.5. The van der Waals surface area contributed by atoms with E-state index in [9.17, 15) is 22.8 Å². The third kappa shape index (κ3) is 6.95. The number of fused-ring (bicyclic) bond motifs is 1. The second-order valence-corrected chi connectivity index (χ2v) is 12.1. The predicted octanol–water partition coefficient (Wildman–Crippen LogP) is 6.77. The van der Waals surface area contributed by atoms with Gasteiger partial charge < -0.3 is 29.2 Å². The Morgan fingerprint density at radius 3 is 2.35 bits per heavy atom. The quantitative estimate of drug-likeness (QED) is 0.174. The van der Waals surface area contributed by atoms with Crippen LogP contribution in [-0.4, -0.2) is 59.6 Å². The summed E-state index contributed by atoms with van der Waals surface area (Å²) >= 11 is 0. The summed E-state index contributed by atoms with van der Waals surface area (Å²) in [5.41, 5.74) is 1.67. The maximum absolute atomic E-state index is 14.4. The smallest absolute Gasteiger partial charge is 0.270 e. The number of pyridine rings is 1. The summed E-state index contributed by atoms with van der Waals surface area (Å²) in [5, 5.41) is 4.42. The summed E-state index contributed by atoms with van der Waals surface area (Å²) in [7, 11) is 4.86. The van der Waals surface area contributed by atoms with Gasteiger partial charge in [0.2, 0.25) is 5.88 Å². The van der Waals surface area contributed by atoms with Crippen LogP contribution in [0, 0.1) is 24.4 Å². The van der Waals surface area contributed by atoms with Crippen molar-refractivity contribution in [2.45, 2.75) is 32.4 Å². The number of benzene rings is 3. The molecule has 1 aliphatic rings. The van der Waals surface area contributed by atoms with Crippen LogP contribution in [0.25, 0.3) is 10.9 Å². The first-order valence-electron chi connectivity index (χ1n) is 15.8. The molecule has 0 radical (unpaired) electrons. The molecule has 2 aromatic heterocycles. The molecular weight excluding hydrogens is 635 g/mol. The number of hydrogen-bond acceptors (Lipinski definition) is 6. The lowest BCUT2D eigenvalue weighted by atomic mass is 10.0. The van der Waals surface area contributed by atoms with Crippen LogP contribution in [0.5, 0.6) is 17.4 Å². The van der Waals surface area contributed by atoms with Crippen molar-refractivity contribution in [2.75, 3.05) is 32.1 Å². The van der Waals surface area contributed by atoms with E-state index in [0.717, 1.165) is 47.9 Å². The molecule has 5 aromatic rings. The lowest BCUT2D eigenvalue weighted by Crippen LogP contribution is -2.45. The molecule has 1 aliphatic heterocycles. The average molecular weight is 672 g/mol. The van der Waals surface area contributed by atoms with Crippen LogP contribution >= 0.6 is 0 Å². The molecule has 1 saturated heterocycles. The molecule has 254 valence electrons. The van der Waals surface area contributed by atoms with E-state index in [4.69, 9.17) is 9.47 Å². The van der Waals surface area contributed by atoms with E-state index < -0.39 is 34.5 Å². The fourth-order valence-corrected chi connectivity index (χ4v) is 5.94.